The molecule has 32 heavy (non-hydrogen) atoms. The number of ketones is 1. The normalized spacial score (nSPS) is 25.4. The second kappa shape index (κ2) is 7.67. The third-order valence-electron chi connectivity index (χ3n) is 6.47. The molecule has 1 saturated heterocycles. The molecule has 0 unspecified atom stereocenters. The third kappa shape index (κ3) is 3.24. The van der Waals surface area contributed by atoms with Crippen molar-refractivity contribution in [2.75, 3.05) is 6.54 Å². The average Bonchev–Trinajstić information content (AvgIpc) is 3.47. The molecule has 0 aromatic heterocycles. The van der Waals surface area contributed by atoms with Crippen LogP contribution in [0, 0.1) is 29.5 Å². The first-order valence-corrected chi connectivity index (χ1v) is 10.6. The zero-order valence-corrected chi connectivity index (χ0v) is 17.5. The number of hydrogen-bond donors (Lipinski definition) is 0. The lowest BCUT2D eigenvalue weighted by atomic mass is 9.85. The van der Waals surface area contributed by atoms with Crippen molar-refractivity contribution >= 4 is 35.1 Å². The topological polar surface area (TPSA) is 74.8 Å². The summed E-state index contributed by atoms with van der Waals surface area (Å²) in [6, 6.07) is 10.8. The van der Waals surface area contributed by atoms with E-state index in [1.807, 2.05) is 12.2 Å². The molecule has 1 heterocycles. The van der Waals surface area contributed by atoms with Crippen molar-refractivity contribution in [2.45, 2.75) is 6.42 Å². The van der Waals surface area contributed by atoms with Crippen molar-refractivity contribution in [3.8, 4) is 0 Å². The summed E-state index contributed by atoms with van der Waals surface area (Å²) in [5.74, 6) is -3.73. The Hall–Kier alpha value is -3.32. The first-order chi connectivity index (χ1) is 15.3. The van der Waals surface area contributed by atoms with Crippen LogP contribution >= 0.6 is 11.6 Å². The largest absolute Gasteiger partial charge is 0.292 e. The highest BCUT2D eigenvalue weighted by Gasteiger charge is 2.61. The van der Waals surface area contributed by atoms with Crippen LogP contribution in [0.1, 0.15) is 27.1 Å². The molecule has 162 valence electrons. The van der Waals surface area contributed by atoms with Crippen LogP contribution in [-0.4, -0.2) is 40.1 Å². The number of allylic oxidation sites excluding steroid dienone is 2. The average molecular weight is 453 g/mol. The quantitative estimate of drug-likeness (QED) is 0.395. The Bertz CT molecular complexity index is 1130. The van der Waals surface area contributed by atoms with Gasteiger partial charge in [-0.3, -0.25) is 19.2 Å². The zero-order chi connectivity index (χ0) is 22.6. The number of amides is 3. The van der Waals surface area contributed by atoms with Gasteiger partial charge in [0.25, 0.3) is 17.7 Å². The van der Waals surface area contributed by atoms with Crippen LogP contribution in [-0.2, 0) is 9.59 Å². The van der Waals surface area contributed by atoms with Crippen molar-refractivity contribution in [2.24, 2.45) is 23.7 Å². The number of imide groups is 1. The molecule has 2 bridgehead atoms. The van der Waals surface area contributed by atoms with E-state index in [9.17, 15) is 23.6 Å². The molecule has 0 spiro atoms. The van der Waals surface area contributed by atoms with Gasteiger partial charge in [-0.1, -0.05) is 23.8 Å². The molecule has 5 rings (SSSR count). The molecule has 6 nitrogen and oxygen atoms in total. The van der Waals surface area contributed by atoms with Crippen LogP contribution in [0.15, 0.2) is 60.7 Å². The number of nitrogens with zero attached hydrogens (tertiary/aromatic N) is 2. The molecule has 1 saturated carbocycles. The summed E-state index contributed by atoms with van der Waals surface area (Å²) >= 11 is 5.91. The second-order valence-corrected chi connectivity index (χ2v) is 8.72. The van der Waals surface area contributed by atoms with Crippen LogP contribution in [0.5, 0.6) is 0 Å². The number of carbonyl (C=O) groups excluding carboxylic acids is 4. The van der Waals surface area contributed by atoms with Gasteiger partial charge in [0, 0.05) is 16.1 Å². The number of hydrogen-bond acceptors (Lipinski definition) is 4. The SMILES string of the molecule is O=C(CN(C(=O)c1ccc(Cl)cc1)N1C(=O)[C@H]2[C@H](C1=O)[C@H]1C=C[C@H]2C1)c1ccc(F)cc1. The van der Waals surface area contributed by atoms with Crippen LogP contribution in [0.3, 0.4) is 0 Å². The fraction of sp³-hybridized carbons (Fsp3) is 0.250. The van der Waals surface area contributed by atoms with E-state index < -0.39 is 47.7 Å². The Balaban J connectivity index is 1.49. The molecule has 2 aromatic rings. The summed E-state index contributed by atoms with van der Waals surface area (Å²) in [6.07, 6.45) is 4.66. The van der Waals surface area contributed by atoms with Gasteiger partial charge in [0.1, 0.15) is 12.4 Å². The summed E-state index contributed by atoms with van der Waals surface area (Å²) in [5.41, 5.74) is 0.349. The van der Waals surface area contributed by atoms with Gasteiger partial charge >= 0.3 is 0 Å². The minimum absolute atomic E-state index is 0.0354. The van der Waals surface area contributed by atoms with E-state index in [-0.39, 0.29) is 23.0 Å². The van der Waals surface area contributed by atoms with Crippen molar-refractivity contribution in [1.29, 1.82) is 0 Å². The van der Waals surface area contributed by atoms with Gasteiger partial charge < -0.3 is 0 Å². The van der Waals surface area contributed by atoms with Crippen molar-refractivity contribution in [3.63, 3.8) is 0 Å². The van der Waals surface area contributed by atoms with Crippen LogP contribution in [0.4, 0.5) is 4.39 Å². The molecule has 0 N–H and O–H groups in total. The Morgan fingerprint density at radius 3 is 2.00 bits per heavy atom. The standard InChI is InChI=1S/C24H18ClFN2O4/c25-17-7-3-14(4-8-17)22(30)27(12-19(29)13-5-9-18(26)10-6-13)28-23(31)20-15-1-2-16(11-15)21(20)24(28)32/h1-10,15-16,20-21H,11-12H2/t15-,16-,20+,21+/m0/s1. The molecule has 3 aliphatic rings. The summed E-state index contributed by atoms with van der Waals surface area (Å²) in [7, 11) is 0. The molecule has 2 fully saturated rings. The van der Waals surface area contributed by atoms with Gasteiger partial charge in [-0.15, -0.1) is 0 Å². The van der Waals surface area contributed by atoms with E-state index in [4.69, 9.17) is 11.6 Å². The van der Waals surface area contributed by atoms with Gasteiger partial charge in [-0.2, -0.15) is 5.01 Å². The van der Waals surface area contributed by atoms with Crippen LogP contribution < -0.4 is 0 Å². The second-order valence-electron chi connectivity index (χ2n) is 8.29. The van der Waals surface area contributed by atoms with E-state index in [1.165, 1.54) is 36.4 Å². The Labute approximate surface area is 188 Å². The molecular weight excluding hydrogens is 435 g/mol. The van der Waals surface area contributed by atoms with Crippen molar-refractivity contribution in [3.05, 3.63) is 82.6 Å². The Morgan fingerprint density at radius 1 is 0.906 bits per heavy atom. The van der Waals surface area contributed by atoms with Gasteiger partial charge in [-0.25, -0.2) is 9.40 Å². The highest BCUT2D eigenvalue weighted by atomic mass is 35.5. The number of fused-ring (bicyclic) bond motifs is 5. The van der Waals surface area contributed by atoms with Gasteiger partial charge in [0.05, 0.1) is 11.8 Å². The Morgan fingerprint density at radius 2 is 1.44 bits per heavy atom. The third-order valence-corrected chi connectivity index (χ3v) is 6.73. The first kappa shape index (κ1) is 20.6. The highest BCUT2D eigenvalue weighted by molar-refractivity contribution is 6.30. The maximum Gasteiger partial charge on any atom is 0.273 e. The van der Waals surface area contributed by atoms with Gasteiger partial charge in [0.15, 0.2) is 5.78 Å². The van der Waals surface area contributed by atoms with Crippen molar-refractivity contribution in [1.82, 2.24) is 10.0 Å². The van der Waals surface area contributed by atoms with Gasteiger partial charge in [0.2, 0.25) is 0 Å². The van der Waals surface area contributed by atoms with Gasteiger partial charge in [-0.05, 0) is 66.8 Å². The van der Waals surface area contributed by atoms with E-state index in [0.29, 0.717) is 5.02 Å². The molecule has 3 amide bonds. The smallest absolute Gasteiger partial charge is 0.273 e. The first-order valence-electron chi connectivity index (χ1n) is 10.3. The number of Topliss-reactive ketones (excluding diaryl/α,β-unsaturated/α-hetero) is 1. The molecule has 4 atom stereocenters. The summed E-state index contributed by atoms with van der Waals surface area (Å²) in [6.45, 7) is -0.535. The lowest BCUT2D eigenvalue weighted by Crippen LogP contribution is -2.52. The number of benzene rings is 2. The maximum absolute atomic E-state index is 13.4. The van der Waals surface area contributed by atoms with E-state index in [1.54, 1.807) is 0 Å². The molecule has 2 aliphatic carbocycles. The summed E-state index contributed by atoms with van der Waals surface area (Å²) < 4.78 is 13.3. The number of hydrazine groups is 1. The lowest BCUT2D eigenvalue weighted by molar-refractivity contribution is -0.154. The summed E-state index contributed by atoms with van der Waals surface area (Å²) in [5, 5.41) is 2.18. The zero-order valence-electron chi connectivity index (χ0n) is 16.8. The molecule has 0 radical (unpaired) electrons. The minimum Gasteiger partial charge on any atom is -0.292 e. The number of rotatable bonds is 5. The molecule has 1 aliphatic heterocycles. The molecular formula is C24H18ClFN2O4. The molecule has 8 heteroatoms. The number of halogens is 2. The van der Waals surface area contributed by atoms with E-state index in [2.05, 4.69) is 0 Å². The van der Waals surface area contributed by atoms with E-state index in [0.717, 1.165) is 28.6 Å². The maximum atomic E-state index is 13.4. The van der Waals surface area contributed by atoms with Crippen molar-refractivity contribution < 1.29 is 23.6 Å². The van der Waals surface area contributed by atoms with Crippen LogP contribution in [0.25, 0.3) is 0 Å². The lowest BCUT2D eigenvalue weighted by Gasteiger charge is -2.30. The predicted molar refractivity (Wildman–Crippen MR) is 113 cm³/mol. The minimum atomic E-state index is -0.667. The fourth-order valence-corrected chi connectivity index (χ4v) is 5.09. The number of carbonyl (C=O) groups is 4. The summed E-state index contributed by atoms with van der Waals surface area (Å²) in [4.78, 5) is 52.8. The monoisotopic (exact) mass is 452 g/mol. The van der Waals surface area contributed by atoms with E-state index >= 15 is 0 Å². The highest BCUT2D eigenvalue weighted by Crippen LogP contribution is 2.52. The van der Waals surface area contributed by atoms with Crippen LogP contribution in [0.2, 0.25) is 5.02 Å². The molecule has 2 aromatic carbocycles. The Kier molecular flexibility index (Phi) is 4.93. The fourth-order valence-electron chi connectivity index (χ4n) is 4.96. The predicted octanol–water partition coefficient (Wildman–Crippen LogP) is 3.53.